The first-order valence-electron chi connectivity index (χ1n) is 9.60. The Morgan fingerprint density at radius 1 is 1.27 bits per heavy atom. The molecule has 5 rings (SSSR count). The highest BCUT2D eigenvalue weighted by Gasteiger charge is 2.28. The molecule has 0 atom stereocenters. The molecule has 1 aromatic carbocycles. The molecule has 30 heavy (non-hydrogen) atoms. The first-order valence-corrected chi connectivity index (χ1v) is 10.5. The number of para-hydroxylation sites is 1. The van der Waals surface area contributed by atoms with Crippen molar-refractivity contribution in [2.75, 3.05) is 29.9 Å². The van der Waals surface area contributed by atoms with Gasteiger partial charge in [0.15, 0.2) is 5.82 Å². The minimum atomic E-state index is -0.141. The fourth-order valence-corrected chi connectivity index (χ4v) is 4.18. The average molecular weight is 421 g/mol. The van der Waals surface area contributed by atoms with Gasteiger partial charge in [0.2, 0.25) is 5.91 Å². The van der Waals surface area contributed by atoms with Crippen LogP contribution >= 0.6 is 11.3 Å². The highest BCUT2D eigenvalue weighted by molar-refractivity contribution is 7.07. The first kappa shape index (κ1) is 18.6. The van der Waals surface area contributed by atoms with E-state index in [4.69, 9.17) is 4.74 Å². The Kier molecular flexibility index (Phi) is 4.80. The van der Waals surface area contributed by atoms with Crippen LogP contribution in [0, 0.1) is 0 Å². The summed E-state index contributed by atoms with van der Waals surface area (Å²) in [4.78, 5) is 37.9. The van der Waals surface area contributed by atoms with Crippen molar-refractivity contribution in [3.8, 4) is 5.75 Å². The van der Waals surface area contributed by atoms with E-state index < -0.39 is 0 Å². The zero-order valence-electron chi connectivity index (χ0n) is 16.1. The number of nitrogens with zero attached hydrogens (tertiary/aromatic N) is 4. The topological polar surface area (TPSA) is 87.7 Å². The molecule has 152 valence electrons. The Balaban J connectivity index is 1.44. The molecule has 0 radical (unpaired) electrons. The third-order valence-corrected chi connectivity index (χ3v) is 5.79. The molecule has 0 spiro atoms. The molecular weight excluding hydrogens is 402 g/mol. The van der Waals surface area contributed by atoms with Gasteiger partial charge in [0.25, 0.3) is 5.91 Å². The number of thiazole rings is 1. The second kappa shape index (κ2) is 7.75. The van der Waals surface area contributed by atoms with E-state index >= 15 is 0 Å². The van der Waals surface area contributed by atoms with E-state index in [0.29, 0.717) is 43.3 Å². The second-order valence-electron chi connectivity index (χ2n) is 7.09. The lowest BCUT2D eigenvalue weighted by atomic mass is 10.1. The van der Waals surface area contributed by atoms with Gasteiger partial charge in [-0.15, -0.1) is 11.3 Å². The van der Waals surface area contributed by atoms with Crippen LogP contribution < -0.4 is 15.0 Å². The summed E-state index contributed by atoms with van der Waals surface area (Å²) in [5.41, 5.74) is 4.54. The van der Waals surface area contributed by atoms with Crippen molar-refractivity contribution >= 4 is 34.7 Å². The SMILES string of the molecule is O=C(c1cnc2c(c1)N(Cc1cscn1)C(=O)CN2)N1CCOc2ccccc2C1. The molecule has 0 fully saturated rings. The van der Waals surface area contributed by atoms with Crippen LogP contribution in [0.3, 0.4) is 0 Å². The standard InChI is InChI=1S/C21H19N5O3S/c27-19-9-23-20-17(26(19)11-16-12-30-13-24-16)7-15(8-22-20)21(28)25-5-6-29-18-4-2-1-3-14(18)10-25/h1-4,7-8,12-13H,5-6,9-11H2,(H,22,23). The Morgan fingerprint density at radius 2 is 2.17 bits per heavy atom. The monoisotopic (exact) mass is 421 g/mol. The summed E-state index contributed by atoms with van der Waals surface area (Å²) in [5.74, 6) is 1.17. The maximum Gasteiger partial charge on any atom is 0.255 e. The lowest BCUT2D eigenvalue weighted by Gasteiger charge is -2.29. The molecule has 3 aromatic rings. The molecule has 2 aliphatic rings. The number of carbonyl (C=O) groups is 2. The van der Waals surface area contributed by atoms with Gasteiger partial charge in [-0.1, -0.05) is 18.2 Å². The zero-order chi connectivity index (χ0) is 20.5. The number of nitrogens with one attached hydrogen (secondary N) is 1. The predicted octanol–water partition coefficient (Wildman–Crippen LogP) is 2.53. The minimum absolute atomic E-state index is 0.0843. The Hall–Kier alpha value is -3.46. The van der Waals surface area contributed by atoms with E-state index in [1.54, 1.807) is 27.6 Å². The van der Waals surface area contributed by atoms with Crippen molar-refractivity contribution in [1.82, 2.24) is 14.9 Å². The van der Waals surface area contributed by atoms with Crippen LogP contribution in [0.25, 0.3) is 0 Å². The van der Waals surface area contributed by atoms with E-state index in [0.717, 1.165) is 17.0 Å². The average Bonchev–Trinajstić information content (AvgIpc) is 3.19. The number of ether oxygens (including phenoxy) is 1. The molecule has 4 heterocycles. The van der Waals surface area contributed by atoms with Gasteiger partial charge in [0.1, 0.15) is 12.4 Å². The quantitative estimate of drug-likeness (QED) is 0.699. The van der Waals surface area contributed by atoms with Gasteiger partial charge in [-0.05, 0) is 12.1 Å². The number of fused-ring (bicyclic) bond motifs is 2. The van der Waals surface area contributed by atoms with Crippen molar-refractivity contribution in [3.63, 3.8) is 0 Å². The van der Waals surface area contributed by atoms with Gasteiger partial charge < -0.3 is 19.9 Å². The number of hydrogen-bond donors (Lipinski definition) is 1. The molecule has 8 nitrogen and oxygen atoms in total. The van der Waals surface area contributed by atoms with E-state index in [-0.39, 0.29) is 18.4 Å². The highest BCUT2D eigenvalue weighted by atomic mass is 32.1. The van der Waals surface area contributed by atoms with Crippen LogP contribution in [0.5, 0.6) is 5.75 Å². The summed E-state index contributed by atoms with van der Waals surface area (Å²) in [5, 5.41) is 4.93. The number of amides is 2. The van der Waals surface area contributed by atoms with Crippen LogP contribution in [-0.4, -0.2) is 46.4 Å². The molecule has 0 bridgehead atoms. The summed E-state index contributed by atoms with van der Waals surface area (Å²) in [7, 11) is 0. The summed E-state index contributed by atoms with van der Waals surface area (Å²) < 4.78 is 5.77. The lowest BCUT2D eigenvalue weighted by molar-refractivity contribution is -0.117. The maximum atomic E-state index is 13.2. The van der Waals surface area contributed by atoms with Gasteiger partial charge in [0.05, 0.1) is 42.1 Å². The van der Waals surface area contributed by atoms with Crippen molar-refractivity contribution in [1.29, 1.82) is 0 Å². The number of pyridine rings is 1. The number of carbonyl (C=O) groups excluding carboxylic acids is 2. The van der Waals surface area contributed by atoms with Crippen LogP contribution in [-0.2, 0) is 17.9 Å². The van der Waals surface area contributed by atoms with Crippen LogP contribution in [0.2, 0.25) is 0 Å². The number of aromatic nitrogens is 2. The number of benzene rings is 1. The van der Waals surface area contributed by atoms with E-state index in [1.165, 1.54) is 11.3 Å². The Bertz CT molecular complexity index is 1100. The second-order valence-corrected chi connectivity index (χ2v) is 7.81. The highest BCUT2D eigenvalue weighted by Crippen LogP contribution is 2.31. The summed E-state index contributed by atoms with van der Waals surface area (Å²) >= 11 is 1.48. The molecule has 1 N–H and O–H groups in total. The third kappa shape index (κ3) is 3.48. The summed E-state index contributed by atoms with van der Waals surface area (Å²) in [6.07, 6.45) is 1.56. The predicted molar refractivity (Wildman–Crippen MR) is 113 cm³/mol. The minimum Gasteiger partial charge on any atom is -0.491 e. The van der Waals surface area contributed by atoms with Crippen LogP contribution in [0.15, 0.2) is 47.4 Å². The fourth-order valence-electron chi connectivity index (χ4n) is 3.63. The molecule has 2 amide bonds. The summed E-state index contributed by atoms with van der Waals surface area (Å²) in [6, 6.07) is 9.47. The molecule has 2 aromatic heterocycles. The number of hydrogen-bond acceptors (Lipinski definition) is 7. The van der Waals surface area contributed by atoms with Gasteiger partial charge >= 0.3 is 0 Å². The smallest absolute Gasteiger partial charge is 0.255 e. The Morgan fingerprint density at radius 3 is 3.03 bits per heavy atom. The van der Waals surface area contributed by atoms with Gasteiger partial charge in [-0.2, -0.15) is 0 Å². The molecular formula is C21H19N5O3S. The molecule has 0 unspecified atom stereocenters. The van der Waals surface area contributed by atoms with Crippen molar-refractivity contribution in [3.05, 3.63) is 64.2 Å². The number of anilines is 2. The Labute approximate surface area is 177 Å². The van der Waals surface area contributed by atoms with Crippen molar-refractivity contribution in [2.24, 2.45) is 0 Å². The first-order chi connectivity index (χ1) is 14.7. The van der Waals surface area contributed by atoms with E-state index in [2.05, 4.69) is 15.3 Å². The van der Waals surface area contributed by atoms with E-state index in [9.17, 15) is 9.59 Å². The zero-order valence-corrected chi connectivity index (χ0v) is 16.9. The maximum absolute atomic E-state index is 13.2. The molecule has 9 heteroatoms. The van der Waals surface area contributed by atoms with Crippen LogP contribution in [0.1, 0.15) is 21.6 Å². The molecule has 2 aliphatic heterocycles. The van der Waals surface area contributed by atoms with Crippen molar-refractivity contribution < 1.29 is 14.3 Å². The van der Waals surface area contributed by atoms with Gasteiger partial charge in [-0.25, -0.2) is 9.97 Å². The van der Waals surface area contributed by atoms with E-state index in [1.807, 2.05) is 29.6 Å². The lowest BCUT2D eigenvalue weighted by Crippen LogP contribution is -2.40. The van der Waals surface area contributed by atoms with Crippen molar-refractivity contribution in [2.45, 2.75) is 13.1 Å². The molecule has 0 saturated heterocycles. The normalized spacial score (nSPS) is 15.5. The van der Waals surface area contributed by atoms with Crippen LogP contribution in [0.4, 0.5) is 11.5 Å². The van der Waals surface area contributed by atoms with Gasteiger partial charge in [0, 0.05) is 23.7 Å². The third-order valence-electron chi connectivity index (χ3n) is 5.16. The number of rotatable bonds is 3. The fraction of sp³-hybridized carbons (Fsp3) is 0.238. The molecule has 0 aliphatic carbocycles. The largest absolute Gasteiger partial charge is 0.491 e. The van der Waals surface area contributed by atoms with Gasteiger partial charge in [-0.3, -0.25) is 9.59 Å². The summed E-state index contributed by atoms with van der Waals surface area (Å²) in [6.45, 7) is 1.88. The molecule has 0 saturated carbocycles.